The van der Waals surface area contributed by atoms with Gasteiger partial charge in [0.15, 0.2) is 0 Å². The van der Waals surface area contributed by atoms with Gasteiger partial charge >= 0.3 is 6.09 Å². The minimum absolute atomic E-state index is 0.00196. The van der Waals surface area contributed by atoms with Crippen LogP contribution in [0.15, 0.2) is 59.1 Å². The third-order valence-electron chi connectivity index (χ3n) is 4.37. The predicted molar refractivity (Wildman–Crippen MR) is 104 cm³/mol. The van der Waals surface area contributed by atoms with Crippen molar-refractivity contribution in [2.45, 2.75) is 37.8 Å². The van der Waals surface area contributed by atoms with Crippen molar-refractivity contribution in [1.82, 2.24) is 5.32 Å². The topological polar surface area (TPSA) is 67.4 Å². The first-order chi connectivity index (χ1) is 12.6. The largest absolute Gasteiger partial charge is 0.446 e. The molecule has 136 valence electrons. The highest BCUT2D eigenvalue weighted by Gasteiger charge is 2.26. The molecular weight excluding hydrogens is 396 g/mol. The molecule has 2 atom stereocenters. The molecular formula is C20H21BrN2O3. The molecule has 0 radical (unpaired) electrons. The zero-order valence-electron chi connectivity index (χ0n) is 14.3. The Hall–Kier alpha value is -2.34. The van der Waals surface area contributed by atoms with Crippen molar-refractivity contribution in [2.75, 3.05) is 5.32 Å². The molecule has 0 spiro atoms. The van der Waals surface area contributed by atoms with Gasteiger partial charge in [-0.1, -0.05) is 30.3 Å². The molecule has 1 saturated carbocycles. The Morgan fingerprint density at radius 2 is 1.73 bits per heavy atom. The third kappa shape index (κ3) is 5.08. The number of amides is 2. The maximum absolute atomic E-state index is 12.4. The van der Waals surface area contributed by atoms with Crippen LogP contribution in [0, 0.1) is 0 Å². The lowest BCUT2D eigenvalue weighted by molar-refractivity contribution is 0.0712. The Balaban J connectivity index is 1.52. The number of ether oxygens (including phenoxy) is 1. The zero-order chi connectivity index (χ0) is 18.4. The number of nitrogens with one attached hydrogen (secondary N) is 2. The number of para-hydroxylation sites is 1. The van der Waals surface area contributed by atoms with Crippen LogP contribution >= 0.6 is 15.9 Å². The van der Waals surface area contributed by atoms with Crippen LogP contribution in [0.1, 0.15) is 36.0 Å². The quantitative estimate of drug-likeness (QED) is 0.755. The molecule has 2 amide bonds. The number of rotatable bonds is 4. The molecule has 2 aromatic rings. The Labute approximate surface area is 161 Å². The maximum Gasteiger partial charge on any atom is 0.411 e. The smallest absolute Gasteiger partial charge is 0.411 e. The molecule has 0 unspecified atom stereocenters. The van der Waals surface area contributed by atoms with Crippen LogP contribution in [0.2, 0.25) is 0 Å². The molecule has 0 bridgehead atoms. The van der Waals surface area contributed by atoms with E-state index in [4.69, 9.17) is 4.74 Å². The molecule has 2 aromatic carbocycles. The average Bonchev–Trinajstić information content (AvgIpc) is 2.63. The fourth-order valence-electron chi connectivity index (χ4n) is 3.11. The third-order valence-corrected chi connectivity index (χ3v) is 5.07. The number of carbonyl (C=O) groups is 2. The van der Waals surface area contributed by atoms with Crippen molar-refractivity contribution in [3.05, 3.63) is 64.6 Å². The van der Waals surface area contributed by atoms with Crippen LogP contribution in [0.25, 0.3) is 0 Å². The molecule has 5 nitrogen and oxygen atoms in total. The van der Waals surface area contributed by atoms with Gasteiger partial charge in [0.1, 0.15) is 6.10 Å². The number of anilines is 1. The lowest BCUT2D eigenvalue weighted by Gasteiger charge is -2.29. The highest BCUT2D eigenvalue weighted by Crippen LogP contribution is 2.23. The molecule has 0 aliphatic heterocycles. The van der Waals surface area contributed by atoms with E-state index in [1.54, 1.807) is 6.07 Å². The molecule has 0 aromatic heterocycles. The lowest BCUT2D eigenvalue weighted by Crippen LogP contribution is -2.41. The second-order valence-electron chi connectivity index (χ2n) is 6.34. The Kier molecular flexibility index (Phi) is 6.28. The average molecular weight is 417 g/mol. The van der Waals surface area contributed by atoms with Crippen molar-refractivity contribution in [2.24, 2.45) is 0 Å². The minimum atomic E-state index is -0.459. The van der Waals surface area contributed by atoms with E-state index in [-0.39, 0.29) is 18.1 Å². The monoisotopic (exact) mass is 416 g/mol. The Morgan fingerprint density at radius 1 is 1.00 bits per heavy atom. The summed E-state index contributed by atoms with van der Waals surface area (Å²) in [5.74, 6) is -0.114. The number of carbonyl (C=O) groups excluding carboxylic acids is 2. The molecule has 26 heavy (non-hydrogen) atoms. The molecule has 1 fully saturated rings. The van der Waals surface area contributed by atoms with E-state index in [9.17, 15) is 9.59 Å². The van der Waals surface area contributed by atoms with E-state index in [1.165, 1.54) is 0 Å². The SMILES string of the molecule is O=C(Nc1ccccc1)O[C@H]1CCC[C@H](NC(=O)c2ccccc2Br)C1. The van der Waals surface area contributed by atoms with E-state index in [2.05, 4.69) is 26.6 Å². The second-order valence-corrected chi connectivity index (χ2v) is 7.19. The van der Waals surface area contributed by atoms with Crippen molar-refractivity contribution >= 4 is 33.6 Å². The van der Waals surface area contributed by atoms with Crippen LogP contribution in [-0.4, -0.2) is 24.1 Å². The fourth-order valence-corrected chi connectivity index (χ4v) is 3.58. The molecule has 0 heterocycles. The summed E-state index contributed by atoms with van der Waals surface area (Å²) in [4.78, 5) is 24.5. The van der Waals surface area contributed by atoms with E-state index < -0.39 is 6.09 Å². The van der Waals surface area contributed by atoms with Crippen molar-refractivity contribution in [3.63, 3.8) is 0 Å². The van der Waals surface area contributed by atoms with Gasteiger partial charge in [0.25, 0.3) is 5.91 Å². The first-order valence-corrected chi connectivity index (χ1v) is 9.49. The van der Waals surface area contributed by atoms with E-state index in [0.29, 0.717) is 17.7 Å². The highest BCUT2D eigenvalue weighted by atomic mass is 79.9. The molecule has 0 saturated heterocycles. The van der Waals surface area contributed by atoms with Crippen LogP contribution in [-0.2, 0) is 4.74 Å². The standard InChI is InChI=1S/C20H21BrN2O3/c21-18-12-5-4-11-17(18)19(24)22-15-9-6-10-16(13-15)26-20(25)23-14-7-2-1-3-8-14/h1-5,7-8,11-12,15-16H,6,9-10,13H2,(H,22,24)(H,23,25)/t15-,16-/m0/s1. The van der Waals surface area contributed by atoms with Crippen LogP contribution in [0.5, 0.6) is 0 Å². The van der Waals surface area contributed by atoms with Crippen LogP contribution < -0.4 is 10.6 Å². The summed E-state index contributed by atoms with van der Waals surface area (Å²) in [7, 11) is 0. The van der Waals surface area contributed by atoms with Gasteiger partial charge in [-0.05, 0) is 59.5 Å². The van der Waals surface area contributed by atoms with Crippen LogP contribution in [0.4, 0.5) is 10.5 Å². The zero-order valence-corrected chi connectivity index (χ0v) is 15.9. The first kappa shape index (κ1) is 18.5. The van der Waals surface area contributed by atoms with Gasteiger partial charge in [0, 0.05) is 22.6 Å². The molecule has 6 heteroatoms. The second kappa shape index (κ2) is 8.85. The van der Waals surface area contributed by atoms with Gasteiger partial charge in [-0.3, -0.25) is 10.1 Å². The van der Waals surface area contributed by atoms with Gasteiger partial charge in [-0.15, -0.1) is 0 Å². The summed E-state index contributed by atoms with van der Waals surface area (Å²) >= 11 is 3.40. The number of halogens is 1. The summed E-state index contributed by atoms with van der Waals surface area (Å²) < 4.78 is 6.29. The van der Waals surface area contributed by atoms with E-state index in [0.717, 1.165) is 23.7 Å². The van der Waals surface area contributed by atoms with Gasteiger partial charge in [-0.2, -0.15) is 0 Å². The minimum Gasteiger partial charge on any atom is -0.446 e. The maximum atomic E-state index is 12.4. The first-order valence-electron chi connectivity index (χ1n) is 8.70. The Morgan fingerprint density at radius 3 is 2.50 bits per heavy atom. The highest BCUT2D eigenvalue weighted by molar-refractivity contribution is 9.10. The molecule has 2 N–H and O–H groups in total. The lowest BCUT2D eigenvalue weighted by atomic mass is 9.92. The van der Waals surface area contributed by atoms with Gasteiger partial charge in [0.05, 0.1) is 5.56 Å². The molecule has 3 rings (SSSR count). The van der Waals surface area contributed by atoms with Crippen molar-refractivity contribution in [1.29, 1.82) is 0 Å². The van der Waals surface area contributed by atoms with Gasteiger partial charge < -0.3 is 10.1 Å². The van der Waals surface area contributed by atoms with E-state index in [1.807, 2.05) is 48.5 Å². The normalized spacial score (nSPS) is 19.4. The number of benzene rings is 2. The summed E-state index contributed by atoms with van der Waals surface area (Å²) in [5.41, 5.74) is 1.31. The molecule has 1 aliphatic carbocycles. The van der Waals surface area contributed by atoms with E-state index >= 15 is 0 Å². The predicted octanol–water partition coefficient (Wildman–Crippen LogP) is 4.74. The number of hydrogen-bond acceptors (Lipinski definition) is 3. The molecule has 1 aliphatic rings. The van der Waals surface area contributed by atoms with Gasteiger partial charge in [0.2, 0.25) is 0 Å². The Bertz CT molecular complexity index is 767. The fraction of sp³-hybridized carbons (Fsp3) is 0.300. The van der Waals surface area contributed by atoms with Gasteiger partial charge in [-0.25, -0.2) is 4.79 Å². The van der Waals surface area contributed by atoms with Crippen molar-refractivity contribution < 1.29 is 14.3 Å². The summed E-state index contributed by atoms with van der Waals surface area (Å²) in [6, 6.07) is 16.5. The summed E-state index contributed by atoms with van der Waals surface area (Å²) in [6.07, 6.45) is 2.57. The number of hydrogen-bond donors (Lipinski definition) is 2. The van der Waals surface area contributed by atoms with Crippen LogP contribution in [0.3, 0.4) is 0 Å². The summed E-state index contributed by atoms with van der Waals surface area (Å²) in [6.45, 7) is 0. The summed E-state index contributed by atoms with van der Waals surface area (Å²) in [5, 5.41) is 5.77. The van der Waals surface area contributed by atoms with Crippen molar-refractivity contribution in [3.8, 4) is 0 Å².